The molecular weight excluding hydrogens is 212 g/mol. The number of benzene rings is 1. The van der Waals surface area contributed by atoms with Gasteiger partial charge in [-0.25, -0.2) is 4.98 Å². The lowest BCUT2D eigenvalue weighted by molar-refractivity contribution is 0.949. The van der Waals surface area contributed by atoms with Gasteiger partial charge in [0.2, 0.25) is 5.95 Å². The molecule has 88 valence electrons. The van der Waals surface area contributed by atoms with Crippen LogP contribution >= 0.6 is 0 Å². The van der Waals surface area contributed by atoms with Crippen LogP contribution in [0.25, 0.3) is 5.69 Å². The molecule has 2 N–H and O–H groups in total. The molecule has 1 fully saturated rings. The summed E-state index contributed by atoms with van der Waals surface area (Å²) in [5, 5.41) is 0. The van der Waals surface area contributed by atoms with Gasteiger partial charge in [-0.2, -0.15) is 0 Å². The number of anilines is 2. The molecule has 3 rings (SSSR count). The van der Waals surface area contributed by atoms with E-state index in [0.29, 0.717) is 5.95 Å². The summed E-state index contributed by atoms with van der Waals surface area (Å²) in [5.41, 5.74) is 8.13. The quantitative estimate of drug-likeness (QED) is 0.855. The molecule has 0 unspecified atom stereocenters. The highest BCUT2D eigenvalue weighted by molar-refractivity contribution is 5.52. The fourth-order valence-electron chi connectivity index (χ4n) is 2.33. The average Bonchev–Trinajstić information content (AvgIpc) is 3.00. The number of hydrogen-bond donors (Lipinski definition) is 1. The van der Waals surface area contributed by atoms with E-state index in [1.807, 2.05) is 10.8 Å². The van der Waals surface area contributed by atoms with E-state index in [-0.39, 0.29) is 0 Å². The molecular formula is C13H16N4. The molecule has 17 heavy (non-hydrogen) atoms. The predicted octanol–water partition coefficient (Wildman–Crippen LogP) is 2.05. The molecule has 0 radical (unpaired) electrons. The summed E-state index contributed by atoms with van der Waals surface area (Å²) in [6, 6.07) is 8.48. The maximum atomic E-state index is 5.77. The van der Waals surface area contributed by atoms with Crippen LogP contribution in [-0.2, 0) is 0 Å². The predicted molar refractivity (Wildman–Crippen MR) is 69.4 cm³/mol. The van der Waals surface area contributed by atoms with E-state index in [4.69, 9.17) is 5.73 Å². The zero-order valence-corrected chi connectivity index (χ0v) is 9.71. The fourth-order valence-corrected chi connectivity index (χ4v) is 2.33. The Balaban J connectivity index is 1.87. The molecule has 0 bridgehead atoms. The van der Waals surface area contributed by atoms with Gasteiger partial charge >= 0.3 is 0 Å². The number of nitrogens with zero attached hydrogens (tertiary/aromatic N) is 3. The van der Waals surface area contributed by atoms with Crippen molar-refractivity contribution in [2.24, 2.45) is 0 Å². The second-order valence-corrected chi connectivity index (χ2v) is 4.37. The van der Waals surface area contributed by atoms with Crippen LogP contribution in [0, 0.1) is 0 Å². The van der Waals surface area contributed by atoms with Crippen LogP contribution in [0.1, 0.15) is 12.8 Å². The number of aromatic nitrogens is 2. The first-order chi connectivity index (χ1) is 8.34. The Hall–Kier alpha value is -1.97. The van der Waals surface area contributed by atoms with E-state index in [2.05, 4.69) is 34.1 Å². The van der Waals surface area contributed by atoms with Gasteiger partial charge in [-0.15, -0.1) is 0 Å². The maximum Gasteiger partial charge on any atom is 0.204 e. The Morgan fingerprint density at radius 3 is 2.24 bits per heavy atom. The van der Waals surface area contributed by atoms with E-state index in [1.165, 1.54) is 31.6 Å². The standard InChI is InChI=1S/C13H16N4/c14-13-15-7-10-17(13)12-5-3-11(4-6-12)16-8-1-2-9-16/h3-7,10H,1-2,8-9H2,(H2,14,15). The molecule has 1 aromatic heterocycles. The van der Waals surface area contributed by atoms with Crippen molar-refractivity contribution in [1.82, 2.24) is 9.55 Å². The lowest BCUT2D eigenvalue weighted by Gasteiger charge is -2.17. The minimum absolute atomic E-state index is 0.527. The summed E-state index contributed by atoms with van der Waals surface area (Å²) in [6.45, 7) is 2.35. The lowest BCUT2D eigenvalue weighted by atomic mass is 10.2. The smallest absolute Gasteiger partial charge is 0.204 e. The second-order valence-electron chi connectivity index (χ2n) is 4.37. The van der Waals surface area contributed by atoms with Crippen molar-refractivity contribution < 1.29 is 0 Å². The van der Waals surface area contributed by atoms with Crippen molar-refractivity contribution in [2.75, 3.05) is 23.7 Å². The van der Waals surface area contributed by atoms with Crippen molar-refractivity contribution >= 4 is 11.6 Å². The third-order valence-corrected chi connectivity index (χ3v) is 3.27. The van der Waals surface area contributed by atoms with E-state index in [0.717, 1.165) is 5.69 Å². The van der Waals surface area contributed by atoms with Crippen molar-refractivity contribution in [3.63, 3.8) is 0 Å². The molecule has 4 heteroatoms. The zero-order chi connectivity index (χ0) is 11.7. The van der Waals surface area contributed by atoms with Crippen LogP contribution in [0.15, 0.2) is 36.7 Å². The SMILES string of the molecule is Nc1nccn1-c1ccc(N2CCCC2)cc1. The normalized spacial score (nSPS) is 15.4. The van der Waals surface area contributed by atoms with Gasteiger partial charge in [0.15, 0.2) is 0 Å². The zero-order valence-electron chi connectivity index (χ0n) is 9.71. The Labute approximate surface area is 101 Å². The van der Waals surface area contributed by atoms with Gasteiger partial charge in [-0.1, -0.05) is 0 Å². The lowest BCUT2D eigenvalue weighted by Crippen LogP contribution is -2.17. The number of rotatable bonds is 2. The molecule has 2 heterocycles. The molecule has 1 saturated heterocycles. The topological polar surface area (TPSA) is 47.1 Å². The molecule has 0 saturated carbocycles. The van der Waals surface area contributed by atoms with E-state index in [1.54, 1.807) is 6.20 Å². The highest BCUT2D eigenvalue weighted by Crippen LogP contribution is 2.22. The summed E-state index contributed by atoms with van der Waals surface area (Å²) < 4.78 is 1.88. The van der Waals surface area contributed by atoms with Crippen LogP contribution in [0.3, 0.4) is 0 Å². The molecule has 1 aromatic carbocycles. The van der Waals surface area contributed by atoms with Gasteiger partial charge in [-0.05, 0) is 37.1 Å². The maximum absolute atomic E-state index is 5.77. The van der Waals surface area contributed by atoms with Crippen LogP contribution in [-0.4, -0.2) is 22.6 Å². The molecule has 1 aliphatic heterocycles. The van der Waals surface area contributed by atoms with Crippen LogP contribution < -0.4 is 10.6 Å². The van der Waals surface area contributed by atoms with Gasteiger partial charge in [0.1, 0.15) is 0 Å². The average molecular weight is 228 g/mol. The first-order valence-corrected chi connectivity index (χ1v) is 5.99. The Bertz CT molecular complexity index is 494. The molecule has 2 aromatic rings. The number of nitrogens with two attached hydrogens (primary N) is 1. The largest absolute Gasteiger partial charge is 0.372 e. The third-order valence-electron chi connectivity index (χ3n) is 3.27. The van der Waals surface area contributed by atoms with E-state index >= 15 is 0 Å². The van der Waals surface area contributed by atoms with Gasteiger partial charge < -0.3 is 10.6 Å². The van der Waals surface area contributed by atoms with Crippen molar-refractivity contribution in [3.8, 4) is 5.69 Å². The van der Waals surface area contributed by atoms with E-state index in [9.17, 15) is 0 Å². The van der Waals surface area contributed by atoms with Gasteiger partial charge in [0, 0.05) is 36.9 Å². The second kappa shape index (κ2) is 4.13. The minimum atomic E-state index is 0.527. The highest BCUT2D eigenvalue weighted by atomic mass is 15.2. The molecule has 4 nitrogen and oxygen atoms in total. The van der Waals surface area contributed by atoms with Crippen molar-refractivity contribution in [3.05, 3.63) is 36.7 Å². The third kappa shape index (κ3) is 1.86. The first kappa shape index (κ1) is 10.2. The Morgan fingerprint density at radius 1 is 1.00 bits per heavy atom. The summed E-state index contributed by atoms with van der Waals surface area (Å²) in [5.74, 6) is 0.527. The number of hydrogen-bond acceptors (Lipinski definition) is 3. The molecule has 1 aliphatic rings. The molecule has 0 spiro atoms. The fraction of sp³-hybridized carbons (Fsp3) is 0.308. The van der Waals surface area contributed by atoms with Crippen molar-refractivity contribution in [2.45, 2.75) is 12.8 Å². The van der Waals surface area contributed by atoms with Crippen molar-refractivity contribution in [1.29, 1.82) is 0 Å². The molecule has 0 atom stereocenters. The summed E-state index contributed by atoms with van der Waals surface area (Å²) >= 11 is 0. The first-order valence-electron chi connectivity index (χ1n) is 5.99. The Morgan fingerprint density at radius 2 is 1.65 bits per heavy atom. The number of nitrogen functional groups attached to an aromatic ring is 1. The van der Waals surface area contributed by atoms with Crippen LogP contribution in [0.4, 0.5) is 11.6 Å². The minimum Gasteiger partial charge on any atom is -0.372 e. The number of imidazole rings is 1. The summed E-state index contributed by atoms with van der Waals surface area (Å²) in [6.07, 6.45) is 6.19. The van der Waals surface area contributed by atoms with Gasteiger partial charge in [-0.3, -0.25) is 4.57 Å². The molecule has 0 amide bonds. The van der Waals surface area contributed by atoms with E-state index < -0.39 is 0 Å². The monoisotopic (exact) mass is 228 g/mol. The van der Waals surface area contributed by atoms with Gasteiger partial charge in [0.25, 0.3) is 0 Å². The summed E-state index contributed by atoms with van der Waals surface area (Å²) in [7, 11) is 0. The van der Waals surface area contributed by atoms with Crippen LogP contribution in [0.2, 0.25) is 0 Å². The molecule has 0 aliphatic carbocycles. The highest BCUT2D eigenvalue weighted by Gasteiger charge is 2.12. The summed E-state index contributed by atoms with van der Waals surface area (Å²) in [4.78, 5) is 6.44. The van der Waals surface area contributed by atoms with Gasteiger partial charge in [0.05, 0.1) is 0 Å². The van der Waals surface area contributed by atoms with Crippen LogP contribution in [0.5, 0.6) is 0 Å². The Kier molecular flexibility index (Phi) is 2.48.